The molecular weight excluding hydrogens is 400 g/mol. The molecule has 0 saturated carbocycles. The zero-order valence-corrected chi connectivity index (χ0v) is 16.8. The predicted octanol–water partition coefficient (Wildman–Crippen LogP) is 4.79. The molecule has 4 aromatic rings. The molecule has 1 amide bonds. The third kappa shape index (κ3) is 3.79. The van der Waals surface area contributed by atoms with Crippen molar-refractivity contribution in [2.75, 3.05) is 12.1 Å². The standard InChI is InChI=1S/C23H18N2O4S/c26-22(11-15-8-9-18-20(10-15)29-14-28-18)25-17-5-2-1-4-16(17)12-27-19-6-3-7-21-23(19)24-13-30-21/h1-10,13H,11-12,14H2,(H,25,26). The van der Waals surface area contributed by atoms with E-state index in [4.69, 9.17) is 14.2 Å². The van der Waals surface area contributed by atoms with E-state index < -0.39 is 0 Å². The zero-order valence-electron chi connectivity index (χ0n) is 16.0. The first-order valence-corrected chi connectivity index (χ1v) is 10.4. The van der Waals surface area contributed by atoms with Gasteiger partial charge >= 0.3 is 0 Å². The molecule has 5 rings (SSSR count). The average Bonchev–Trinajstić information content (AvgIpc) is 3.42. The van der Waals surface area contributed by atoms with Crippen molar-refractivity contribution in [2.24, 2.45) is 0 Å². The Morgan fingerprint density at radius 2 is 1.97 bits per heavy atom. The Balaban J connectivity index is 1.27. The maximum atomic E-state index is 12.6. The fourth-order valence-corrected chi connectivity index (χ4v) is 4.02. The van der Waals surface area contributed by atoms with E-state index in [1.165, 1.54) is 0 Å². The summed E-state index contributed by atoms with van der Waals surface area (Å²) in [5.74, 6) is 2.00. The Morgan fingerprint density at radius 3 is 2.93 bits per heavy atom. The topological polar surface area (TPSA) is 69.7 Å². The lowest BCUT2D eigenvalue weighted by Crippen LogP contribution is -2.16. The number of hydrogen-bond acceptors (Lipinski definition) is 6. The van der Waals surface area contributed by atoms with E-state index >= 15 is 0 Å². The zero-order chi connectivity index (χ0) is 20.3. The molecule has 3 aromatic carbocycles. The molecule has 1 aromatic heterocycles. The van der Waals surface area contributed by atoms with Crippen molar-refractivity contribution in [2.45, 2.75) is 13.0 Å². The molecule has 0 spiro atoms. The third-order valence-corrected chi connectivity index (χ3v) is 5.59. The summed E-state index contributed by atoms with van der Waals surface area (Å²) in [6, 6.07) is 19.0. The van der Waals surface area contributed by atoms with Crippen molar-refractivity contribution >= 4 is 33.1 Å². The molecule has 0 bridgehead atoms. The number of rotatable bonds is 6. The molecule has 0 radical (unpaired) electrons. The highest BCUT2D eigenvalue weighted by Crippen LogP contribution is 2.33. The van der Waals surface area contributed by atoms with Crippen LogP contribution in [0.15, 0.2) is 66.2 Å². The first kappa shape index (κ1) is 18.4. The molecule has 1 aliphatic rings. The lowest BCUT2D eigenvalue weighted by molar-refractivity contribution is -0.115. The Morgan fingerprint density at radius 1 is 1.07 bits per heavy atom. The van der Waals surface area contributed by atoms with Crippen molar-refractivity contribution in [1.29, 1.82) is 0 Å². The lowest BCUT2D eigenvalue weighted by Gasteiger charge is -2.13. The van der Waals surface area contributed by atoms with Gasteiger partial charge in [-0.1, -0.05) is 30.3 Å². The van der Waals surface area contributed by atoms with Crippen LogP contribution in [-0.4, -0.2) is 17.7 Å². The number of amides is 1. The minimum atomic E-state index is -0.108. The SMILES string of the molecule is O=C(Cc1ccc2c(c1)OCO2)Nc1ccccc1COc1cccc2scnc12. The Kier molecular flexibility index (Phi) is 4.94. The second kappa shape index (κ2) is 8.04. The molecule has 0 fully saturated rings. The molecule has 6 nitrogen and oxygen atoms in total. The fourth-order valence-electron chi connectivity index (χ4n) is 3.33. The first-order chi connectivity index (χ1) is 14.8. The Hall–Kier alpha value is -3.58. The number of nitrogens with zero attached hydrogens (tertiary/aromatic N) is 1. The predicted molar refractivity (Wildman–Crippen MR) is 115 cm³/mol. The first-order valence-electron chi connectivity index (χ1n) is 9.47. The molecule has 2 heterocycles. The molecular formula is C23H18N2O4S. The van der Waals surface area contributed by atoms with Crippen LogP contribution in [-0.2, 0) is 17.8 Å². The number of fused-ring (bicyclic) bond motifs is 2. The van der Waals surface area contributed by atoms with Gasteiger partial charge in [0.25, 0.3) is 0 Å². The van der Waals surface area contributed by atoms with Gasteiger partial charge in [-0.3, -0.25) is 4.79 Å². The van der Waals surface area contributed by atoms with E-state index in [1.54, 1.807) is 11.3 Å². The molecule has 150 valence electrons. The van der Waals surface area contributed by atoms with Gasteiger partial charge in [0.05, 0.1) is 16.6 Å². The van der Waals surface area contributed by atoms with Gasteiger partial charge in [0.2, 0.25) is 12.7 Å². The third-order valence-electron chi connectivity index (χ3n) is 4.80. The van der Waals surface area contributed by atoms with Gasteiger partial charge in [0, 0.05) is 11.3 Å². The molecule has 0 unspecified atom stereocenters. The number of hydrogen-bond donors (Lipinski definition) is 1. The number of nitrogens with one attached hydrogen (secondary N) is 1. The average molecular weight is 418 g/mol. The van der Waals surface area contributed by atoms with Crippen molar-refractivity contribution in [3.63, 3.8) is 0 Å². The minimum absolute atomic E-state index is 0.108. The van der Waals surface area contributed by atoms with E-state index in [0.717, 1.165) is 32.8 Å². The largest absolute Gasteiger partial charge is 0.487 e. The van der Waals surface area contributed by atoms with E-state index in [9.17, 15) is 4.79 Å². The quantitative estimate of drug-likeness (QED) is 0.488. The van der Waals surface area contributed by atoms with Gasteiger partial charge in [-0.2, -0.15) is 0 Å². The molecule has 0 saturated heterocycles. The smallest absolute Gasteiger partial charge is 0.231 e. The normalized spacial score (nSPS) is 12.1. The van der Waals surface area contributed by atoms with E-state index in [0.29, 0.717) is 18.1 Å². The van der Waals surface area contributed by atoms with Crippen LogP contribution in [0.1, 0.15) is 11.1 Å². The number of thiazole rings is 1. The Bertz CT molecular complexity index is 1220. The highest BCUT2D eigenvalue weighted by Gasteiger charge is 2.15. The summed E-state index contributed by atoms with van der Waals surface area (Å²) >= 11 is 1.58. The van der Waals surface area contributed by atoms with E-state index in [2.05, 4.69) is 10.3 Å². The number of aromatic nitrogens is 1. The second-order valence-electron chi connectivity index (χ2n) is 6.81. The Labute approximate surface area is 177 Å². The summed E-state index contributed by atoms with van der Waals surface area (Å²) in [6.07, 6.45) is 0.240. The van der Waals surface area contributed by atoms with Crippen LogP contribution in [0.5, 0.6) is 17.2 Å². The molecule has 30 heavy (non-hydrogen) atoms. The van der Waals surface area contributed by atoms with Crippen LogP contribution in [0.4, 0.5) is 5.69 Å². The van der Waals surface area contributed by atoms with Gasteiger partial charge in [-0.25, -0.2) is 4.98 Å². The summed E-state index contributed by atoms with van der Waals surface area (Å²) in [6.45, 7) is 0.546. The van der Waals surface area contributed by atoms with Crippen LogP contribution in [0.25, 0.3) is 10.2 Å². The number of benzene rings is 3. The second-order valence-corrected chi connectivity index (χ2v) is 7.70. The van der Waals surface area contributed by atoms with Crippen molar-refractivity contribution in [3.8, 4) is 17.2 Å². The van der Waals surface area contributed by atoms with Crippen LogP contribution in [0, 0.1) is 0 Å². The van der Waals surface area contributed by atoms with Crippen molar-refractivity contribution in [1.82, 2.24) is 4.98 Å². The molecule has 0 atom stereocenters. The maximum absolute atomic E-state index is 12.6. The highest BCUT2D eigenvalue weighted by atomic mass is 32.1. The number of carbonyl (C=O) groups is 1. The summed E-state index contributed by atoms with van der Waals surface area (Å²) in [5.41, 5.74) is 5.15. The summed E-state index contributed by atoms with van der Waals surface area (Å²) < 4.78 is 17.8. The van der Waals surface area contributed by atoms with Gasteiger partial charge in [0.15, 0.2) is 11.5 Å². The summed E-state index contributed by atoms with van der Waals surface area (Å²) in [7, 11) is 0. The van der Waals surface area contributed by atoms with E-state index in [-0.39, 0.29) is 19.1 Å². The van der Waals surface area contributed by atoms with Crippen LogP contribution in [0.2, 0.25) is 0 Å². The van der Waals surface area contributed by atoms with Gasteiger partial charge in [-0.15, -0.1) is 11.3 Å². The van der Waals surface area contributed by atoms with Crippen LogP contribution >= 0.6 is 11.3 Å². The molecule has 7 heteroatoms. The van der Waals surface area contributed by atoms with Crippen molar-refractivity contribution in [3.05, 3.63) is 77.3 Å². The fraction of sp³-hybridized carbons (Fsp3) is 0.130. The lowest BCUT2D eigenvalue weighted by atomic mass is 10.1. The van der Waals surface area contributed by atoms with Crippen molar-refractivity contribution < 1.29 is 19.0 Å². The number of anilines is 1. The molecule has 1 aliphatic heterocycles. The minimum Gasteiger partial charge on any atom is -0.487 e. The van der Waals surface area contributed by atoms with Crippen LogP contribution < -0.4 is 19.5 Å². The van der Waals surface area contributed by atoms with Gasteiger partial charge in [-0.05, 0) is 35.9 Å². The molecule has 1 N–H and O–H groups in total. The number of ether oxygens (including phenoxy) is 3. The summed E-state index contributed by atoms with van der Waals surface area (Å²) in [5, 5.41) is 2.99. The number of para-hydroxylation sites is 2. The van der Waals surface area contributed by atoms with E-state index in [1.807, 2.05) is 66.2 Å². The van der Waals surface area contributed by atoms with Gasteiger partial charge < -0.3 is 19.5 Å². The maximum Gasteiger partial charge on any atom is 0.231 e. The highest BCUT2D eigenvalue weighted by molar-refractivity contribution is 7.16. The van der Waals surface area contributed by atoms with Gasteiger partial charge in [0.1, 0.15) is 17.9 Å². The monoisotopic (exact) mass is 418 g/mol. The number of carbonyl (C=O) groups excluding carboxylic acids is 1. The summed E-state index contributed by atoms with van der Waals surface area (Å²) in [4.78, 5) is 17.0. The van der Waals surface area contributed by atoms with Crippen LogP contribution in [0.3, 0.4) is 0 Å². The molecule has 0 aliphatic carbocycles.